The van der Waals surface area contributed by atoms with Crippen LogP contribution in [0.15, 0.2) is 65.1 Å². The minimum absolute atomic E-state index is 0.0462. The van der Waals surface area contributed by atoms with Gasteiger partial charge in [0, 0.05) is 11.3 Å². The molecule has 0 aliphatic rings. The molecule has 1 aromatic heterocycles. The van der Waals surface area contributed by atoms with Gasteiger partial charge in [-0.2, -0.15) is 0 Å². The predicted molar refractivity (Wildman–Crippen MR) is 106 cm³/mol. The van der Waals surface area contributed by atoms with Gasteiger partial charge in [0.05, 0.1) is 17.7 Å². The van der Waals surface area contributed by atoms with Gasteiger partial charge in [-0.15, -0.1) is 0 Å². The van der Waals surface area contributed by atoms with E-state index in [0.717, 1.165) is 0 Å². The molecule has 0 atom stereocenters. The van der Waals surface area contributed by atoms with E-state index in [1.54, 1.807) is 30.3 Å². The molecule has 0 unspecified atom stereocenters. The first-order chi connectivity index (χ1) is 14.0. The van der Waals surface area contributed by atoms with Gasteiger partial charge in [0.15, 0.2) is 6.61 Å². The molecule has 0 radical (unpaired) electrons. The number of amides is 1. The van der Waals surface area contributed by atoms with E-state index in [-0.39, 0.29) is 5.76 Å². The lowest BCUT2D eigenvalue weighted by Gasteiger charge is -2.06. The Balaban J connectivity index is 1.55. The van der Waals surface area contributed by atoms with E-state index in [9.17, 15) is 14.4 Å². The maximum atomic E-state index is 12.1. The van der Waals surface area contributed by atoms with E-state index < -0.39 is 24.5 Å². The number of esters is 2. The van der Waals surface area contributed by atoms with Crippen molar-refractivity contribution >= 4 is 35.1 Å². The Morgan fingerprint density at radius 1 is 0.966 bits per heavy atom. The summed E-state index contributed by atoms with van der Waals surface area (Å²) in [6.45, 7) is -0.500. The molecule has 148 valence electrons. The number of halogens is 1. The molecule has 0 spiro atoms. The zero-order valence-corrected chi connectivity index (χ0v) is 16.1. The fraction of sp³-hybridized carbons (Fsp3) is 0.0952. The molecule has 0 aliphatic carbocycles. The molecule has 8 heteroatoms. The van der Waals surface area contributed by atoms with Gasteiger partial charge >= 0.3 is 11.9 Å². The Labute approximate surface area is 171 Å². The summed E-state index contributed by atoms with van der Waals surface area (Å²) in [4.78, 5) is 35.5. The molecule has 3 rings (SSSR count). The summed E-state index contributed by atoms with van der Waals surface area (Å²) >= 11 is 6.11. The van der Waals surface area contributed by atoms with Crippen LogP contribution in [0, 0.1) is 0 Å². The molecule has 0 bridgehead atoms. The highest BCUT2D eigenvalue weighted by Gasteiger charge is 2.16. The fourth-order valence-corrected chi connectivity index (χ4v) is 2.69. The lowest BCUT2D eigenvalue weighted by molar-refractivity contribution is -0.119. The van der Waals surface area contributed by atoms with Gasteiger partial charge < -0.3 is 19.2 Å². The molecular formula is C21H16ClNO6. The van der Waals surface area contributed by atoms with Crippen LogP contribution in [0.1, 0.15) is 20.9 Å². The third kappa shape index (κ3) is 5.03. The van der Waals surface area contributed by atoms with Gasteiger partial charge in [-0.3, -0.25) is 4.79 Å². The Hall–Kier alpha value is -3.58. The second kappa shape index (κ2) is 9.07. The van der Waals surface area contributed by atoms with Crippen molar-refractivity contribution in [3.63, 3.8) is 0 Å². The average molecular weight is 414 g/mol. The van der Waals surface area contributed by atoms with Crippen LogP contribution >= 0.6 is 11.6 Å². The number of anilines is 1. The summed E-state index contributed by atoms with van der Waals surface area (Å²) in [6, 6.07) is 16.2. The largest absolute Gasteiger partial charge is 0.465 e. The molecule has 2 aromatic carbocycles. The number of methoxy groups -OCH3 is 1. The van der Waals surface area contributed by atoms with E-state index >= 15 is 0 Å². The minimum Gasteiger partial charge on any atom is -0.465 e. The van der Waals surface area contributed by atoms with Gasteiger partial charge in [-0.25, -0.2) is 9.59 Å². The van der Waals surface area contributed by atoms with Gasteiger partial charge in [-0.1, -0.05) is 23.7 Å². The molecule has 29 heavy (non-hydrogen) atoms. The van der Waals surface area contributed by atoms with Gasteiger partial charge in [0.25, 0.3) is 5.91 Å². The van der Waals surface area contributed by atoms with Crippen LogP contribution in [0.4, 0.5) is 5.69 Å². The molecular weight excluding hydrogens is 398 g/mol. The first-order valence-corrected chi connectivity index (χ1v) is 8.86. The molecule has 3 aromatic rings. The molecule has 0 aliphatic heterocycles. The lowest BCUT2D eigenvalue weighted by Crippen LogP contribution is -2.20. The second-order valence-corrected chi connectivity index (χ2v) is 6.24. The summed E-state index contributed by atoms with van der Waals surface area (Å²) in [5.41, 5.74) is 1.43. The van der Waals surface area contributed by atoms with Crippen molar-refractivity contribution in [1.82, 2.24) is 0 Å². The maximum absolute atomic E-state index is 12.1. The van der Waals surface area contributed by atoms with E-state index in [1.807, 2.05) is 0 Å². The molecule has 1 N–H and O–H groups in total. The van der Waals surface area contributed by atoms with Crippen LogP contribution in [0.25, 0.3) is 11.3 Å². The highest BCUT2D eigenvalue weighted by molar-refractivity contribution is 6.33. The Kier molecular flexibility index (Phi) is 6.31. The van der Waals surface area contributed by atoms with Crippen LogP contribution < -0.4 is 5.32 Å². The van der Waals surface area contributed by atoms with Crippen molar-refractivity contribution in [2.24, 2.45) is 0 Å². The number of carbonyl (C=O) groups excluding carboxylic acids is 3. The standard InChI is InChI=1S/C21H16ClNO6/c1-27-20(25)13-6-8-14(9-7-13)23-19(24)12-28-21(26)18-11-10-17(29-18)15-4-2-3-5-16(15)22/h2-11H,12H2,1H3,(H,23,24). The van der Waals surface area contributed by atoms with Crippen LogP contribution in [0.3, 0.4) is 0 Å². The first kappa shape index (κ1) is 20.2. The van der Waals surface area contributed by atoms with Crippen molar-refractivity contribution < 1.29 is 28.3 Å². The number of carbonyl (C=O) groups is 3. The number of benzene rings is 2. The summed E-state index contributed by atoms with van der Waals surface area (Å²) in [6.07, 6.45) is 0. The summed E-state index contributed by atoms with van der Waals surface area (Å²) in [5, 5.41) is 3.04. The number of rotatable bonds is 6. The van der Waals surface area contributed by atoms with Crippen LogP contribution in [0.5, 0.6) is 0 Å². The lowest BCUT2D eigenvalue weighted by atomic mass is 10.2. The molecule has 0 saturated carbocycles. The van der Waals surface area contributed by atoms with E-state index in [1.165, 1.54) is 37.4 Å². The number of hydrogen-bond donors (Lipinski definition) is 1. The highest BCUT2D eigenvalue weighted by Crippen LogP contribution is 2.29. The van der Waals surface area contributed by atoms with Crippen molar-refractivity contribution in [1.29, 1.82) is 0 Å². The second-order valence-electron chi connectivity index (χ2n) is 5.84. The van der Waals surface area contributed by atoms with Crippen LogP contribution in [0.2, 0.25) is 5.02 Å². The topological polar surface area (TPSA) is 94.8 Å². The van der Waals surface area contributed by atoms with Gasteiger partial charge in [0.1, 0.15) is 5.76 Å². The van der Waals surface area contributed by atoms with Crippen molar-refractivity contribution in [2.45, 2.75) is 0 Å². The van der Waals surface area contributed by atoms with Crippen LogP contribution in [-0.2, 0) is 14.3 Å². The average Bonchev–Trinajstić information content (AvgIpc) is 3.22. The molecule has 1 heterocycles. The smallest absolute Gasteiger partial charge is 0.374 e. The fourth-order valence-electron chi connectivity index (χ4n) is 2.46. The summed E-state index contributed by atoms with van der Waals surface area (Å²) < 4.78 is 15.0. The third-order valence-electron chi connectivity index (χ3n) is 3.87. The van der Waals surface area contributed by atoms with E-state index in [2.05, 4.69) is 10.1 Å². The minimum atomic E-state index is -0.778. The number of hydrogen-bond acceptors (Lipinski definition) is 6. The zero-order chi connectivity index (χ0) is 20.8. The van der Waals surface area contributed by atoms with Gasteiger partial charge in [-0.05, 0) is 48.5 Å². The molecule has 0 saturated heterocycles. The van der Waals surface area contributed by atoms with Crippen molar-refractivity contribution in [3.05, 3.63) is 77.0 Å². The van der Waals surface area contributed by atoms with Gasteiger partial charge in [0.2, 0.25) is 5.76 Å². The van der Waals surface area contributed by atoms with Crippen LogP contribution in [-0.4, -0.2) is 31.6 Å². The summed E-state index contributed by atoms with van der Waals surface area (Å²) in [5.74, 6) is -1.43. The normalized spacial score (nSPS) is 10.3. The van der Waals surface area contributed by atoms with E-state index in [0.29, 0.717) is 27.6 Å². The Morgan fingerprint density at radius 3 is 2.38 bits per heavy atom. The first-order valence-electron chi connectivity index (χ1n) is 8.48. The highest BCUT2D eigenvalue weighted by atomic mass is 35.5. The molecule has 0 fully saturated rings. The molecule has 7 nitrogen and oxygen atoms in total. The van der Waals surface area contributed by atoms with E-state index in [4.69, 9.17) is 20.8 Å². The van der Waals surface area contributed by atoms with Crippen molar-refractivity contribution in [3.8, 4) is 11.3 Å². The van der Waals surface area contributed by atoms with Crippen molar-refractivity contribution in [2.75, 3.05) is 19.0 Å². The third-order valence-corrected chi connectivity index (χ3v) is 4.20. The number of ether oxygens (including phenoxy) is 2. The SMILES string of the molecule is COC(=O)c1ccc(NC(=O)COC(=O)c2ccc(-c3ccccc3Cl)o2)cc1. The maximum Gasteiger partial charge on any atom is 0.374 e. The predicted octanol–water partition coefficient (Wildman–Crippen LogP) is 4.18. The Bertz CT molecular complexity index is 1040. The monoisotopic (exact) mass is 413 g/mol. The zero-order valence-electron chi connectivity index (χ0n) is 15.3. The Morgan fingerprint density at radius 2 is 1.69 bits per heavy atom. The number of nitrogens with one attached hydrogen (secondary N) is 1. The number of furan rings is 1. The molecule has 1 amide bonds. The quantitative estimate of drug-likeness (QED) is 0.609. The summed E-state index contributed by atoms with van der Waals surface area (Å²) in [7, 11) is 1.28.